The minimum Gasteiger partial charge on any atom is -0.309 e. The molecule has 2 aliphatic heterocycles. The van der Waals surface area contributed by atoms with Crippen LogP contribution in [0.4, 0.5) is 0 Å². The van der Waals surface area contributed by atoms with Gasteiger partial charge in [-0.05, 0) is 38.4 Å². The zero-order valence-corrected chi connectivity index (χ0v) is 13.5. The largest absolute Gasteiger partial charge is 0.309 e. The van der Waals surface area contributed by atoms with Crippen LogP contribution < -0.4 is 5.32 Å². The molecule has 3 nitrogen and oxygen atoms in total. The van der Waals surface area contributed by atoms with Crippen molar-refractivity contribution in [2.45, 2.75) is 44.8 Å². The first-order valence-corrected chi connectivity index (χ1v) is 8.56. The van der Waals surface area contributed by atoms with Crippen molar-refractivity contribution in [1.29, 1.82) is 0 Å². The van der Waals surface area contributed by atoms with Crippen LogP contribution in [0.2, 0.25) is 0 Å². The SMILES string of the molecule is CCNC(c1ccccc1)C(C)N1CCN2CCCC2C1. The Morgan fingerprint density at radius 2 is 2.00 bits per heavy atom. The summed E-state index contributed by atoms with van der Waals surface area (Å²) in [6.45, 7) is 10.7. The molecule has 3 heteroatoms. The smallest absolute Gasteiger partial charge is 0.0475 e. The van der Waals surface area contributed by atoms with Gasteiger partial charge in [-0.25, -0.2) is 0 Å². The summed E-state index contributed by atoms with van der Waals surface area (Å²) in [7, 11) is 0. The van der Waals surface area contributed by atoms with Gasteiger partial charge in [0.2, 0.25) is 0 Å². The number of piperazine rings is 1. The van der Waals surface area contributed by atoms with Gasteiger partial charge in [-0.15, -0.1) is 0 Å². The molecule has 1 N–H and O–H groups in total. The Hall–Kier alpha value is -0.900. The highest BCUT2D eigenvalue weighted by atomic mass is 15.3. The molecule has 3 atom stereocenters. The summed E-state index contributed by atoms with van der Waals surface area (Å²) in [5, 5.41) is 3.70. The van der Waals surface area contributed by atoms with Crippen molar-refractivity contribution in [3.63, 3.8) is 0 Å². The van der Waals surface area contributed by atoms with E-state index in [1.807, 2.05) is 0 Å². The molecule has 0 radical (unpaired) electrons. The maximum absolute atomic E-state index is 3.70. The summed E-state index contributed by atoms with van der Waals surface area (Å²) in [5.41, 5.74) is 1.42. The zero-order chi connectivity index (χ0) is 14.7. The highest BCUT2D eigenvalue weighted by Crippen LogP contribution is 2.27. The second kappa shape index (κ2) is 6.91. The predicted molar refractivity (Wildman–Crippen MR) is 88.5 cm³/mol. The highest BCUT2D eigenvalue weighted by Gasteiger charge is 2.34. The van der Waals surface area contributed by atoms with Crippen molar-refractivity contribution >= 4 is 0 Å². The van der Waals surface area contributed by atoms with E-state index in [0.717, 1.165) is 12.6 Å². The summed E-state index contributed by atoms with van der Waals surface area (Å²) in [6.07, 6.45) is 2.78. The van der Waals surface area contributed by atoms with E-state index in [1.165, 1.54) is 44.6 Å². The quantitative estimate of drug-likeness (QED) is 0.898. The van der Waals surface area contributed by atoms with Crippen molar-refractivity contribution in [3.8, 4) is 0 Å². The molecule has 0 bridgehead atoms. The molecule has 0 aromatic heterocycles. The van der Waals surface area contributed by atoms with Crippen molar-refractivity contribution in [2.75, 3.05) is 32.7 Å². The fourth-order valence-electron chi connectivity index (χ4n) is 4.04. The number of likely N-dealkylation sites (N-methyl/N-ethyl adjacent to an activating group) is 1. The topological polar surface area (TPSA) is 18.5 Å². The van der Waals surface area contributed by atoms with Crippen LogP contribution in [-0.2, 0) is 0 Å². The normalized spacial score (nSPS) is 26.5. The minimum atomic E-state index is 0.434. The van der Waals surface area contributed by atoms with Crippen molar-refractivity contribution in [3.05, 3.63) is 35.9 Å². The average Bonchev–Trinajstić information content (AvgIpc) is 3.00. The Morgan fingerprint density at radius 1 is 1.19 bits per heavy atom. The Kier molecular flexibility index (Phi) is 4.94. The average molecular weight is 287 g/mol. The van der Waals surface area contributed by atoms with Gasteiger partial charge in [-0.2, -0.15) is 0 Å². The molecule has 0 spiro atoms. The molecule has 3 rings (SSSR count). The van der Waals surface area contributed by atoms with Crippen LogP contribution in [0.1, 0.15) is 38.3 Å². The fraction of sp³-hybridized carbons (Fsp3) is 0.667. The lowest BCUT2D eigenvalue weighted by molar-refractivity contribution is 0.0632. The Morgan fingerprint density at radius 3 is 2.76 bits per heavy atom. The second-order valence-corrected chi connectivity index (χ2v) is 6.51. The predicted octanol–water partition coefficient (Wildman–Crippen LogP) is 2.51. The van der Waals surface area contributed by atoms with Crippen molar-refractivity contribution < 1.29 is 0 Å². The molecule has 2 fully saturated rings. The lowest BCUT2D eigenvalue weighted by Gasteiger charge is -2.43. The fourth-order valence-corrected chi connectivity index (χ4v) is 4.04. The Bertz CT molecular complexity index is 433. The number of rotatable bonds is 5. The molecular formula is C18H29N3. The minimum absolute atomic E-state index is 0.434. The van der Waals surface area contributed by atoms with Crippen LogP contribution in [-0.4, -0.2) is 54.6 Å². The van der Waals surface area contributed by atoms with Gasteiger partial charge < -0.3 is 5.32 Å². The van der Waals surface area contributed by atoms with Crippen molar-refractivity contribution in [2.24, 2.45) is 0 Å². The first kappa shape index (κ1) is 15.0. The summed E-state index contributed by atoms with van der Waals surface area (Å²) < 4.78 is 0. The van der Waals surface area contributed by atoms with Gasteiger partial charge in [0.1, 0.15) is 0 Å². The highest BCUT2D eigenvalue weighted by molar-refractivity contribution is 5.20. The third-order valence-corrected chi connectivity index (χ3v) is 5.26. The van der Waals surface area contributed by atoms with E-state index in [9.17, 15) is 0 Å². The first-order valence-electron chi connectivity index (χ1n) is 8.56. The number of hydrogen-bond acceptors (Lipinski definition) is 3. The van der Waals surface area contributed by atoms with Gasteiger partial charge in [-0.3, -0.25) is 9.80 Å². The lowest BCUT2D eigenvalue weighted by Crippen LogP contribution is -2.55. The number of hydrogen-bond donors (Lipinski definition) is 1. The molecule has 1 aromatic rings. The molecular weight excluding hydrogens is 258 g/mol. The van der Waals surface area contributed by atoms with Gasteiger partial charge in [0, 0.05) is 37.8 Å². The van der Waals surface area contributed by atoms with E-state index in [-0.39, 0.29) is 0 Å². The Balaban J connectivity index is 1.70. The summed E-state index contributed by atoms with van der Waals surface area (Å²) >= 11 is 0. The molecule has 0 aliphatic carbocycles. The molecule has 116 valence electrons. The van der Waals surface area contributed by atoms with E-state index >= 15 is 0 Å². The monoisotopic (exact) mass is 287 g/mol. The molecule has 21 heavy (non-hydrogen) atoms. The first-order chi connectivity index (χ1) is 10.3. The van der Waals surface area contributed by atoms with Crippen molar-refractivity contribution in [1.82, 2.24) is 15.1 Å². The summed E-state index contributed by atoms with van der Waals surface area (Å²) in [5.74, 6) is 0. The van der Waals surface area contributed by atoms with Crippen LogP contribution in [0.5, 0.6) is 0 Å². The third-order valence-electron chi connectivity index (χ3n) is 5.26. The maximum Gasteiger partial charge on any atom is 0.0475 e. The second-order valence-electron chi connectivity index (χ2n) is 6.51. The van der Waals surface area contributed by atoms with E-state index in [4.69, 9.17) is 0 Å². The molecule has 3 unspecified atom stereocenters. The van der Waals surface area contributed by atoms with Crippen LogP contribution >= 0.6 is 0 Å². The molecule has 1 aromatic carbocycles. The molecule has 0 amide bonds. The van der Waals surface area contributed by atoms with E-state index in [0.29, 0.717) is 12.1 Å². The van der Waals surface area contributed by atoms with Gasteiger partial charge in [0.15, 0.2) is 0 Å². The van der Waals surface area contributed by atoms with Gasteiger partial charge >= 0.3 is 0 Å². The lowest BCUT2D eigenvalue weighted by atomic mass is 9.97. The third kappa shape index (κ3) is 3.31. The standard InChI is InChI=1S/C18H29N3/c1-3-19-18(16-8-5-4-6-9-16)15(2)21-13-12-20-11-7-10-17(20)14-21/h4-6,8-9,15,17-19H,3,7,10-14H2,1-2H3. The number of nitrogens with zero attached hydrogens (tertiary/aromatic N) is 2. The van der Waals surface area contributed by atoms with Crippen LogP contribution in [0.3, 0.4) is 0 Å². The van der Waals surface area contributed by atoms with Crippen LogP contribution in [0, 0.1) is 0 Å². The van der Waals surface area contributed by atoms with E-state index in [2.05, 4.69) is 59.3 Å². The molecule has 2 saturated heterocycles. The number of fused-ring (bicyclic) bond motifs is 1. The van der Waals surface area contributed by atoms with E-state index < -0.39 is 0 Å². The molecule has 2 heterocycles. The van der Waals surface area contributed by atoms with Gasteiger partial charge in [-0.1, -0.05) is 37.3 Å². The van der Waals surface area contributed by atoms with Gasteiger partial charge in [0.05, 0.1) is 0 Å². The zero-order valence-electron chi connectivity index (χ0n) is 13.5. The van der Waals surface area contributed by atoms with E-state index in [1.54, 1.807) is 0 Å². The van der Waals surface area contributed by atoms with Gasteiger partial charge in [0.25, 0.3) is 0 Å². The van der Waals surface area contributed by atoms with Crippen LogP contribution in [0.15, 0.2) is 30.3 Å². The maximum atomic E-state index is 3.70. The number of benzene rings is 1. The Labute approximate surface area is 129 Å². The summed E-state index contributed by atoms with van der Waals surface area (Å²) in [4.78, 5) is 5.39. The van der Waals surface area contributed by atoms with Crippen LogP contribution in [0.25, 0.3) is 0 Å². The summed E-state index contributed by atoms with van der Waals surface area (Å²) in [6, 6.07) is 12.7. The molecule has 0 saturated carbocycles. The number of nitrogens with one attached hydrogen (secondary N) is 1. The molecule has 2 aliphatic rings.